The summed E-state index contributed by atoms with van der Waals surface area (Å²) in [4.78, 5) is 0. The average molecular weight is 264 g/mol. The third-order valence-electron chi connectivity index (χ3n) is 3.02. The molecule has 0 saturated heterocycles. The Hall–Kier alpha value is -1.94. The molecule has 1 atom stereocenters. The molecule has 19 heavy (non-hydrogen) atoms. The first-order valence-electron chi connectivity index (χ1n) is 5.81. The molecule has 1 N–H and O–H groups in total. The minimum absolute atomic E-state index is 0.00764. The van der Waals surface area contributed by atoms with Crippen molar-refractivity contribution in [3.63, 3.8) is 0 Å². The Labute approximate surface area is 110 Å². The van der Waals surface area contributed by atoms with Gasteiger partial charge in [0.05, 0.1) is 12.7 Å². The SMILES string of the molecule is COc1cccc(F)c1C(O)c1ccc(C)c(F)c1. The van der Waals surface area contributed by atoms with Crippen molar-refractivity contribution >= 4 is 0 Å². The number of methoxy groups -OCH3 is 1. The van der Waals surface area contributed by atoms with Crippen LogP contribution < -0.4 is 4.74 Å². The lowest BCUT2D eigenvalue weighted by atomic mass is 9.99. The highest BCUT2D eigenvalue weighted by molar-refractivity contribution is 5.41. The van der Waals surface area contributed by atoms with Crippen molar-refractivity contribution in [2.24, 2.45) is 0 Å². The van der Waals surface area contributed by atoms with E-state index in [0.717, 1.165) is 0 Å². The molecular weight excluding hydrogens is 250 g/mol. The van der Waals surface area contributed by atoms with Gasteiger partial charge in [0.1, 0.15) is 23.5 Å². The second kappa shape index (κ2) is 5.36. The second-order valence-electron chi connectivity index (χ2n) is 4.27. The van der Waals surface area contributed by atoms with Crippen LogP contribution in [0.1, 0.15) is 22.8 Å². The van der Waals surface area contributed by atoms with E-state index in [1.54, 1.807) is 25.1 Å². The minimum atomic E-state index is -1.27. The first kappa shape index (κ1) is 13.5. The molecule has 0 heterocycles. The topological polar surface area (TPSA) is 29.5 Å². The van der Waals surface area contributed by atoms with Crippen LogP contribution in [0.25, 0.3) is 0 Å². The molecule has 2 aromatic carbocycles. The Morgan fingerprint density at radius 2 is 1.84 bits per heavy atom. The zero-order valence-electron chi connectivity index (χ0n) is 10.7. The monoisotopic (exact) mass is 264 g/mol. The van der Waals surface area contributed by atoms with E-state index in [1.165, 1.54) is 25.3 Å². The van der Waals surface area contributed by atoms with Gasteiger partial charge in [-0.1, -0.05) is 18.2 Å². The van der Waals surface area contributed by atoms with Gasteiger partial charge in [-0.3, -0.25) is 0 Å². The standard InChI is InChI=1S/C15H14F2O2/c1-9-6-7-10(8-12(9)17)15(18)14-11(16)4-3-5-13(14)19-2/h3-8,15,18H,1-2H3. The average Bonchev–Trinajstić information content (AvgIpc) is 2.40. The van der Waals surface area contributed by atoms with Gasteiger partial charge in [-0.15, -0.1) is 0 Å². The van der Waals surface area contributed by atoms with Gasteiger partial charge in [0.2, 0.25) is 0 Å². The fourth-order valence-electron chi connectivity index (χ4n) is 1.91. The smallest absolute Gasteiger partial charge is 0.133 e. The Morgan fingerprint density at radius 1 is 1.11 bits per heavy atom. The number of hydrogen-bond donors (Lipinski definition) is 1. The molecule has 0 aliphatic rings. The second-order valence-corrected chi connectivity index (χ2v) is 4.27. The molecule has 0 spiro atoms. The fraction of sp³-hybridized carbons (Fsp3) is 0.200. The maximum Gasteiger partial charge on any atom is 0.133 e. The van der Waals surface area contributed by atoms with Gasteiger partial charge in [0.15, 0.2) is 0 Å². The molecule has 4 heteroatoms. The molecule has 2 aromatic rings. The molecule has 0 aliphatic heterocycles. The Kier molecular flexibility index (Phi) is 3.81. The lowest BCUT2D eigenvalue weighted by Crippen LogP contribution is -2.06. The fourth-order valence-corrected chi connectivity index (χ4v) is 1.91. The summed E-state index contributed by atoms with van der Waals surface area (Å²) in [6, 6.07) is 8.57. The van der Waals surface area contributed by atoms with Crippen LogP contribution >= 0.6 is 0 Å². The summed E-state index contributed by atoms with van der Waals surface area (Å²) in [6.07, 6.45) is -1.27. The van der Waals surface area contributed by atoms with Crippen molar-refractivity contribution in [1.82, 2.24) is 0 Å². The third-order valence-corrected chi connectivity index (χ3v) is 3.02. The van der Waals surface area contributed by atoms with E-state index in [2.05, 4.69) is 0 Å². The van der Waals surface area contributed by atoms with Crippen molar-refractivity contribution in [2.75, 3.05) is 7.11 Å². The summed E-state index contributed by atoms with van der Waals surface area (Å²) < 4.78 is 32.4. The molecular formula is C15H14F2O2. The normalized spacial score (nSPS) is 12.3. The van der Waals surface area contributed by atoms with Crippen molar-refractivity contribution in [2.45, 2.75) is 13.0 Å². The van der Waals surface area contributed by atoms with Crippen LogP contribution in [0.15, 0.2) is 36.4 Å². The van der Waals surface area contributed by atoms with E-state index >= 15 is 0 Å². The van der Waals surface area contributed by atoms with Gasteiger partial charge in [0.25, 0.3) is 0 Å². The summed E-state index contributed by atoms with van der Waals surface area (Å²) in [6.45, 7) is 1.62. The van der Waals surface area contributed by atoms with E-state index in [9.17, 15) is 13.9 Å². The van der Waals surface area contributed by atoms with Gasteiger partial charge < -0.3 is 9.84 Å². The number of aryl methyl sites for hydroxylation is 1. The molecule has 2 rings (SSSR count). The summed E-state index contributed by atoms with van der Waals surface area (Å²) >= 11 is 0. The quantitative estimate of drug-likeness (QED) is 0.921. The van der Waals surface area contributed by atoms with Gasteiger partial charge in [-0.05, 0) is 36.2 Å². The molecule has 0 amide bonds. The molecule has 1 unspecified atom stereocenters. The predicted octanol–water partition coefficient (Wildman–Crippen LogP) is 3.36. The molecule has 100 valence electrons. The van der Waals surface area contributed by atoms with Crippen molar-refractivity contribution in [1.29, 1.82) is 0 Å². The third kappa shape index (κ3) is 2.58. The highest BCUT2D eigenvalue weighted by Gasteiger charge is 2.20. The van der Waals surface area contributed by atoms with Crippen LogP contribution in [0.5, 0.6) is 5.75 Å². The van der Waals surface area contributed by atoms with E-state index < -0.39 is 17.7 Å². The zero-order valence-corrected chi connectivity index (χ0v) is 10.7. The molecule has 0 aromatic heterocycles. The lowest BCUT2D eigenvalue weighted by molar-refractivity contribution is 0.208. The maximum atomic E-state index is 13.8. The number of ether oxygens (including phenoxy) is 1. The number of aliphatic hydroxyl groups excluding tert-OH is 1. The van der Waals surface area contributed by atoms with E-state index in [1.807, 2.05) is 0 Å². The highest BCUT2D eigenvalue weighted by Crippen LogP contribution is 2.32. The first-order valence-corrected chi connectivity index (χ1v) is 5.81. The number of aliphatic hydroxyl groups is 1. The summed E-state index contributed by atoms with van der Waals surface area (Å²) in [5.74, 6) is -0.798. The molecule has 0 fully saturated rings. The van der Waals surface area contributed by atoms with Crippen LogP contribution in [0.3, 0.4) is 0 Å². The highest BCUT2D eigenvalue weighted by atomic mass is 19.1. The van der Waals surface area contributed by atoms with Crippen LogP contribution in [0.2, 0.25) is 0 Å². The number of benzene rings is 2. The van der Waals surface area contributed by atoms with Crippen LogP contribution in [0, 0.1) is 18.6 Å². The van der Waals surface area contributed by atoms with Gasteiger partial charge in [-0.2, -0.15) is 0 Å². The largest absolute Gasteiger partial charge is 0.496 e. The summed E-state index contributed by atoms with van der Waals surface area (Å²) in [5, 5.41) is 10.2. The van der Waals surface area contributed by atoms with Gasteiger partial charge in [0, 0.05) is 0 Å². The Morgan fingerprint density at radius 3 is 2.47 bits per heavy atom. The summed E-state index contributed by atoms with van der Waals surface area (Å²) in [5.41, 5.74) is 0.760. The first-order chi connectivity index (χ1) is 9.04. The Balaban J connectivity index is 2.49. The van der Waals surface area contributed by atoms with Crippen LogP contribution in [-0.2, 0) is 0 Å². The van der Waals surface area contributed by atoms with E-state index in [4.69, 9.17) is 4.74 Å². The minimum Gasteiger partial charge on any atom is -0.496 e. The van der Waals surface area contributed by atoms with E-state index in [0.29, 0.717) is 5.56 Å². The summed E-state index contributed by atoms with van der Waals surface area (Å²) in [7, 11) is 1.39. The number of rotatable bonds is 3. The van der Waals surface area contributed by atoms with Crippen molar-refractivity contribution < 1.29 is 18.6 Å². The van der Waals surface area contributed by atoms with Crippen molar-refractivity contribution in [3.8, 4) is 5.75 Å². The van der Waals surface area contributed by atoms with Gasteiger partial charge >= 0.3 is 0 Å². The Bertz CT molecular complexity index is 597. The lowest BCUT2D eigenvalue weighted by Gasteiger charge is -2.16. The predicted molar refractivity (Wildman–Crippen MR) is 68.2 cm³/mol. The molecule has 0 radical (unpaired) electrons. The molecule has 0 bridgehead atoms. The molecule has 2 nitrogen and oxygen atoms in total. The number of hydrogen-bond acceptors (Lipinski definition) is 2. The maximum absolute atomic E-state index is 13.8. The zero-order chi connectivity index (χ0) is 14.0. The van der Waals surface area contributed by atoms with Crippen LogP contribution in [0.4, 0.5) is 8.78 Å². The molecule has 0 aliphatic carbocycles. The molecule has 0 saturated carbocycles. The van der Waals surface area contributed by atoms with Crippen molar-refractivity contribution in [3.05, 3.63) is 64.7 Å². The van der Waals surface area contributed by atoms with E-state index in [-0.39, 0.29) is 16.9 Å². The number of halogens is 2. The van der Waals surface area contributed by atoms with Crippen LogP contribution in [-0.4, -0.2) is 12.2 Å². The van der Waals surface area contributed by atoms with Gasteiger partial charge in [-0.25, -0.2) is 8.78 Å².